The molecule has 1 atom stereocenters. The maximum atomic E-state index is 11.7. The van der Waals surface area contributed by atoms with Gasteiger partial charge in [0, 0.05) is 20.2 Å². The smallest absolute Gasteiger partial charge is 0.272 e. The van der Waals surface area contributed by atoms with E-state index in [4.69, 9.17) is 9.84 Å². The molecule has 1 unspecified atom stereocenters. The molecule has 94 valence electrons. The number of aromatic nitrogens is 2. The number of ether oxygens (including phenoxy) is 1. The van der Waals surface area contributed by atoms with E-state index in [9.17, 15) is 9.59 Å². The van der Waals surface area contributed by atoms with Crippen molar-refractivity contribution >= 4 is 5.91 Å². The van der Waals surface area contributed by atoms with Crippen LogP contribution < -0.4 is 10.9 Å². The summed E-state index contributed by atoms with van der Waals surface area (Å²) in [6.45, 7) is -0.0284. The van der Waals surface area contributed by atoms with Crippen LogP contribution in [0.3, 0.4) is 0 Å². The molecule has 0 fully saturated rings. The molecule has 17 heavy (non-hydrogen) atoms. The summed E-state index contributed by atoms with van der Waals surface area (Å²) in [6, 6.07) is 2.09. The minimum Gasteiger partial charge on any atom is -0.394 e. The second-order valence-electron chi connectivity index (χ2n) is 3.49. The first-order chi connectivity index (χ1) is 8.08. The number of carbonyl (C=O) groups excluding carboxylic acids is 1. The lowest BCUT2D eigenvalue weighted by atomic mass is 10.3. The molecule has 1 aromatic rings. The number of carbonyl (C=O) groups is 1. The Morgan fingerprint density at radius 2 is 2.35 bits per heavy atom. The van der Waals surface area contributed by atoms with Crippen LogP contribution in [-0.4, -0.2) is 47.2 Å². The summed E-state index contributed by atoms with van der Waals surface area (Å²) in [5.41, 5.74) is -0.182. The molecule has 0 saturated heterocycles. The fourth-order valence-electron chi connectivity index (χ4n) is 1.22. The van der Waals surface area contributed by atoms with Crippen LogP contribution in [0.5, 0.6) is 0 Å². The van der Waals surface area contributed by atoms with Gasteiger partial charge in [-0.3, -0.25) is 9.59 Å². The number of rotatable bonds is 5. The standard InChI is InChI=1S/C10H15N3O4/c1-13-9(15)4-3-8(12-13)10(16)11-7(5-14)6-17-2/h3-4,7,14H,5-6H2,1-2H3,(H,11,16). The van der Waals surface area contributed by atoms with E-state index in [1.807, 2.05) is 0 Å². The molecule has 0 spiro atoms. The fourth-order valence-corrected chi connectivity index (χ4v) is 1.22. The number of aryl methyl sites for hydroxylation is 1. The van der Waals surface area contributed by atoms with E-state index in [-0.39, 0.29) is 24.5 Å². The molecule has 1 amide bonds. The van der Waals surface area contributed by atoms with Crippen molar-refractivity contribution in [3.63, 3.8) is 0 Å². The van der Waals surface area contributed by atoms with Gasteiger partial charge >= 0.3 is 0 Å². The topological polar surface area (TPSA) is 93.5 Å². The molecule has 1 rings (SSSR count). The zero-order chi connectivity index (χ0) is 12.8. The van der Waals surface area contributed by atoms with Crippen molar-refractivity contribution < 1.29 is 14.6 Å². The Balaban J connectivity index is 2.75. The quantitative estimate of drug-likeness (QED) is 0.655. The molecule has 7 nitrogen and oxygen atoms in total. The molecule has 0 radical (unpaired) electrons. The summed E-state index contributed by atoms with van der Waals surface area (Å²) >= 11 is 0. The summed E-state index contributed by atoms with van der Waals surface area (Å²) in [5.74, 6) is -0.461. The monoisotopic (exact) mass is 241 g/mol. The van der Waals surface area contributed by atoms with E-state index in [0.29, 0.717) is 0 Å². The van der Waals surface area contributed by atoms with Gasteiger partial charge in [-0.25, -0.2) is 4.68 Å². The third-order valence-electron chi connectivity index (χ3n) is 2.12. The molecule has 0 saturated carbocycles. The van der Waals surface area contributed by atoms with Crippen molar-refractivity contribution in [2.24, 2.45) is 7.05 Å². The average Bonchev–Trinajstić information content (AvgIpc) is 2.31. The normalized spacial score (nSPS) is 12.2. The highest BCUT2D eigenvalue weighted by molar-refractivity contribution is 5.92. The van der Waals surface area contributed by atoms with Gasteiger partial charge in [-0.1, -0.05) is 0 Å². The van der Waals surface area contributed by atoms with Crippen LogP contribution in [0.25, 0.3) is 0 Å². The highest BCUT2D eigenvalue weighted by Gasteiger charge is 2.14. The molecule has 1 heterocycles. The number of hydrogen-bond acceptors (Lipinski definition) is 5. The highest BCUT2D eigenvalue weighted by atomic mass is 16.5. The van der Waals surface area contributed by atoms with Crippen LogP contribution in [0, 0.1) is 0 Å². The zero-order valence-electron chi connectivity index (χ0n) is 9.71. The molecule has 0 aromatic carbocycles. The van der Waals surface area contributed by atoms with Gasteiger partial charge in [0.05, 0.1) is 19.3 Å². The number of methoxy groups -OCH3 is 1. The Bertz CT molecular complexity index is 443. The fraction of sp³-hybridized carbons (Fsp3) is 0.500. The minimum atomic E-state index is -0.494. The second-order valence-corrected chi connectivity index (χ2v) is 3.49. The van der Waals surface area contributed by atoms with Crippen molar-refractivity contribution in [1.82, 2.24) is 15.1 Å². The number of aliphatic hydroxyl groups excluding tert-OH is 1. The highest BCUT2D eigenvalue weighted by Crippen LogP contribution is 1.92. The molecule has 7 heteroatoms. The van der Waals surface area contributed by atoms with Gasteiger partial charge in [-0.2, -0.15) is 5.10 Å². The lowest BCUT2D eigenvalue weighted by Gasteiger charge is -2.14. The zero-order valence-corrected chi connectivity index (χ0v) is 9.71. The van der Waals surface area contributed by atoms with Crippen LogP contribution in [0.15, 0.2) is 16.9 Å². The lowest BCUT2D eigenvalue weighted by Crippen LogP contribution is -2.41. The Kier molecular flexibility index (Phi) is 4.80. The van der Waals surface area contributed by atoms with Crippen molar-refractivity contribution in [2.75, 3.05) is 20.3 Å². The minimum absolute atomic E-state index is 0.113. The average molecular weight is 241 g/mol. The Hall–Kier alpha value is -1.73. The number of amides is 1. The van der Waals surface area contributed by atoms with Gasteiger partial charge in [0.2, 0.25) is 0 Å². The molecule has 1 aromatic heterocycles. The van der Waals surface area contributed by atoms with Crippen LogP contribution in [0.2, 0.25) is 0 Å². The van der Waals surface area contributed by atoms with E-state index in [1.54, 1.807) is 0 Å². The van der Waals surface area contributed by atoms with E-state index in [1.165, 1.54) is 26.3 Å². The predicted molar refractivity (Wildman–Crippen MR) is 59.7 cm³/mol. The van der Waals surface area contributed by atoms with Crippen molar-refractivity contribution in [3.05, 3.63) is 28.2 Å². The number of nitrogens with one attached hydrogen (secondary N) is 1. The van der Waals surface area contributed by atoms with Crippen LogP contribution >= 0.6 is 0 Å². The second kappa shape index (κ2) is 6.12. The summed E-state index contributed by atoms with van der Waals surface area (Å²) in [5, 5.41) is 15.3. The van der Waals surface area contributed by atoms with Crippen molar-refractivity contribution in [3.8, 4) is 0 Å². The van der Waals surface area contributed by atoms with Crippen molar-refractivity contribution in [1.29, 1.82) is 0 Å². The molecule has 2 N–H and O–H groups in total. The molecule has 0 bridgehead atoms. The molecule has 0 aliphatic heterocycles. The summed E-state index contributed by atoms with van der Waals surface area (Å²) in [6.07, 6.45) is 0. The van der Waals surface area contributed by atoms with Crippen molar-refractivity contribution in [2.45, 2.75) is 6.04 Å². The molecule has 0 aliphatic rings. The molecular formula is C10H15N3O4. The number of nitrogens with zero attached hydrogens (tertiary/aromatic N) is 2. The maximum Gasteiger partial charge on any atom is 0.272 e. The van der Waals surface area contributed by atoms with E-state index in [2.05, 4.69) is 10.4 Å². The van der Waals surface area contributed by atoms with Gasteiger partial charge in [-0.05, 0) is 6.07 Å². The molecular weight excluding hydrogens is 226 g/mol. The van der Waals surface area contributed by atoms with E-state index >= 15 is 0 Å². The number of hydrogen-bond donors (Lipinski definition) is 2. The van der Waals surface area contributed by atoms with Crippen LogP contribution in [-0.2, 0) is 11.8 Å². The summed E-state index contributed by atoms with van der Waals surface area (Å²) in [4.78, 5) is 22.8. The Morgan fingerprint density at radius 1 is 1.65 bits per heavy atom. The maximum absolute atomic E-state index is 11.7. The van der Waals surface area contributed by atoms with Gasteiger partial charge in [-0.15, -0.1) is 0 Å². The van der Waals surface area contributed by atoms with E-state index in [0.717, 1.165) is 4.68 Å². The molecule has 0 aliphatic carbocycles. The number of aliphatic hydroxyl groups is 1. The third kappa shape index (κ3) is 3.65. The lowest BCUT2D eigenvalue weighted by molar-refractivity contribution is 0.0833. The van der Waals surface area contributed by atoms with Gasteiger partial charge in [0.15, 0.2) is 0 Å². The van der Waals surface area contributed by atoms with E-state index < -0.39 is 11.9 Å². The van der Waals surface area contributed by atoms with Gasteiger partial charge in [0.1, 0.15) is 5.69 Å². The largest absolute Gasteiger partial charge is 0.394 e. The summed E-state index contributed by atoms with van der Waals surface area (Å²) in [7, 11) is 2.93. The first-order valence-electron chi connectivity index (χ1n) is 5.03. The van der Waals surface area contributed by atoms with Crippen LogP contribution in [0.4, 0.5) is 0 Å². The first-order valence-corrected chi connectivity index (χ1v) is 5.03. The first kappa shape index (κ1) is 13.3. The van der Waals surface area contributed by atoms with Gasteiger partial charge in [0.25, 0.3) is 11.5 Å². The SMILES string of the molecule is COCC(CO)NC(=O)c1ccc(=O)n(C)n1. The predicted octanol–water partition coefficient (Wildman–Crippen LogP) is -1.48. The van der Waals surface area contributed by atoms with Crippen LogP contribution in [0.1, 0.15) is 10.5 Å². The Labute approximate surface area is 98.0 Å². The summed E-state index contributed by atoms with van der Waals surface area (Å²) < 4.78 is 5.89. The Morgan fingerprint density at radius 3 is 2.88 bits per heavy atom. The third-order valence-corrected chi connectivity index (χ3v) is 2.12. The van der Waals surface area contributed by atoms with Gasteiger partial charge < -0.3 is 15.2 Å².